The summed E-state index contributed by atoms with van der Waals surface area (Å²) in [5, 5.41) is 0. The van der Waals surface area contributed by atoms with E-state index in [1.54, 1.807) is 0 Å². The van der Waals surface area contributed by atoms with Gasteiger partial charge in [0.05, 0.1) is 8.07 Å². The fourth-order valence-corrected chi connectivity index (χ4v) is 3.41. The zero-order chi connectivity index (χ0) is 6.91. The first-order valence-electron chi connectivity index (χ1n) is 3.96. The third-order valence-corrected chi connectivity index (χ3v) is 4.89. The zero-order valence-corrected chi connectivity index (χ0v) is 7.83. The second kappa shape index (κ2) is 2.45. The highest BCUT2D eigenvalue weighted by molar-refractivity contribution is 6.81. The minimum absolute atomic E-state index is 0.807. The van der Waals surface area contributed by atoms with Crippen molar-refractivity contribution < 1.29 is 0 Å². The molecule has 0 bridgehead atoms. The molecular formula is C8H17Si. The second-order valence-electron chi connectivity index (χ2n) is 4.06. The van der Waals surface area contributed by atoms with Crippen LogP contribution in [0.2, 0.25) is 19.6 Å². The van der Waals surface area contributed by atoms with Gasteiger partial charge in [-0.05, 0) is 18.4 Å². The summed E-state index contributed by atoms with van der Waals surface area (Å²) >= 11 is 0. The largest absolute Gasteiger partial charge is 0.0691 e. The molecule has 9 heavy (non-hydrogen) atoms. The Balaban J connectivity index is 2.42. The number of hydrogen-bond acceptors (Lipinski definition) is 0. The third kappa shape index (κ3) is 1.82. The summed E-state index contributed by atoms with van der Waals surface area (Å²) in [6, 6.07) is 0. The highest BCUT2D eigenvalue weighted by atomic mass is 28.3. The first kappa shape index (κ1) is 7.33. The molecule has 0 aromatic carbocycles. The van der Waals surface area contributed by atoms with E-state index in [0.717, 1.165) is 0 Å². The maximum absolute atomic E-state index is 2.47. The van der Waals surface area contributed by atoms with Crippen molar-refractivity contribution in [2.45, 2.75) is 45.3 Å². The molecule has 1 aliphatic rings. The van der Waals surface area contributed by atoms with E-state index in [-0.39, 0.29) is 0 Å². The molecule has 0 amide bonds. The lowest BCUT2D eigenvalue weighted by Gasteiger charge is -2.23. The van der Waals surface area contributed by atoms with Gasteiger partial charge in [0.2, 0.25) is 0 Å². The minimum atomic E-state index is -0.807. The molecule has 0 aliphatic heterocycles. The predicted octanol–water partition coefficient (Wildman–Crippen LogP) is 3.01. The molecule has 1 aliphatic carbocycles. The first-order chi connectivity index (χ1) is 4.11. The smallest absolute Gasteiger partial charge is 0.0508 e. The van der Waals surface area contributed by atoms with Gasteiger partial charge < -0.3 is 0 Å². The molecular weight excluding hydrogens is 124 g/mol. The van der Waals surface area contributed by atoms with Crippen LogP contribution in [-0.4, -0.2) is 8.07 Å². The summed E-state index contributed by atoms with van der Waals surface area (Å²) in [4.78, 5) is 0. The Kier molecular flexibility index (Phi) is 1.99. The molecule has 1 fully saturated rings. The maximum atomic E-state index is 2.47. The fourth-order valence-electron chi connectivity index (χ4n) is 1.55. The predicted molar refractivity (Wildman–Crippen MR) is 45.1 cm³/mol. The van der Waals surface area contributed by atoms with Crippen molar-refractivity contribution in [1.29, 1.82) is 0 Å². The monoisotopic (exact) mass is 141 g/mol. The van der Waals surface area contributed by atoms with Crippen molar-refractivity contribution in [2.75, 3.05) is 0 Å². The van der Waals surface area contributed by atoms with Gasteiger partial charge in [-0.1, -0.05) is 32.5 Å². The molecule has 0 aromatic rings. The Labute approximate surface area is 59.7 Å². The minimum Gasteiger partial charge on any atom is -0.0691 e. The summed E-state index contributed by atoms with van der Waals surface area (Å²) < 4.78 is 0. The Bertz CT molecular complexity index is 85.2. The molecule has 0 unspecified atom stereocenters. The summed E-state index contributed by atoms with van der Waals surface area (Å²) in [5.74, 6) is 0. The molecule has 0 N–H and O–H groups in total. The van der Waals surface area contributed by atoms with Crippen molar-refractivity contribution in [3.63, 3.8) is 0 Å². The standard InChI is InChI=1S/C8H17Si/c1-9(2,3)8-6-4-5-7-8/h4-7H2,1-3H3. The van der Waals surface area contributed by atoms with E-state index >= 15 is 0 Å². The van der Waals surface area contributed by atoms with Gasteiger partial charge in [0.15, 0.2) is 0 Å². The topological polar surface area (TPSA) is 0 Å². The average Bonchev–Trinajstić information content (AvgIpc) is 2.08. The fraction of sp³-hybridized carbons (Fsp3) is 0.875. The molecule has 0 nitrogen and oxygen atoms in total. The summed E-state index contributed by atoms with van der Waals surface area (Å²) in [6.07, 6.45) is 5.85. The van der Waals surface area contributed by atoms with E-state index in [2.05, 4.69) is 19.6 Å². The van der Waals surface area contributed by atoms with Gasteiger partial charge in [0.25, 0.3) is 0 Å². The van der Waals surface area contributed by atoms with Crippen molar-refractivity contribution in [2.24, 2.45) is 0 Å². The van der Waals surface area contributed by atoms with Crippen LogP contribution in [0.4, 0.5) is 0 Å². The van der Waals surface area contributed by atoms with Gasteiger partial charge in [0.1, 0.15) is 0 Å². The lowest BCUT2D eigenvalue weighted by molar-refractivity contribution is 0.886. The van der Waals surface area contributed by atoms with Gasteiger partial charge in [-0.15, -0.1) is 0 Å². The molecule has 1 rings (SSSR count). The van der Waals surface area contributed by atoms with Crippen LogP contribution >= 0.6 is 0 Å². The highest BCUT2D eigenvalue weighted by Crippen LogP contribution is 2.34. The average molecular weight is 141 g/mol. The van der Waals surface area contributed by atoms with E-state index in [1.165, 1.54) is 25.7 Å². The molecule has 0 heterocycles. The zero-order valence-electron chi connectivity index (χ0n) is 6.83. The van der Waals surface area contributed by atoms with Crippen LogP contribution in [0.3, 0.4) is 0 Å². The van der Waals surface area contributed by atoms with Gasteiger partial charge in [0, 0.05) is 0 Å². The highest BCUT2D eigenvalue weighted by Gasteiger charge is 2.29. The van der Waals surface area contributed by atoms with Gasteiger partial charge in [-0.3, -0.25) is 0 Å². The first-order valence-corrected chi connectivity index (χ1v) is 7.46. The van der Waals surface area contributed by atoms with Crippen molar-refractivity contribution in [1.82, 2.24) is 0 Å². The van der Waals surface area contributed by atoms with Crippen LogP contribution in [-0.2, 0) is 0 Å². The third-order valence-electron chi connectivity index (χ3n) is 2.27. The Morgan fingerprint density at radius 2 is 1.44 bits per heavy atom. The lowest BCUT2D eigenvalue weighted by Crippen LogP contribution is -2.28. The molecule has 1 heteroatoms. The van der Waals surface area contributed by atoms with Crippen LogP contribution < -0.4 is 0 Å². The SMILES string of the molecule is C[Si](C)(C)[C]1CCCC1. The Hall–Kier alpha value is 0.217. The van der Waals surface area contributed by atoms with Crippen LogP contribution in [0.5, 0.6) is 0 Å². The quantitative estimate of drug-likeness (QED) is 0.492. The molecule has 0 spiro atoms. The molecule has 53 valence electrons. The Morgan fingerprint density at radius 3 is 1.67 bits per heavy atom. The molecule has 1 saturated carbocycles. The van der Waals surface area contributed by atoms with Crippen molar-refractivity contribution in [3.8, 4) is 0 Å². The van der Waals surface area contributed by atoms with Crippen molar-refractivity contribution >= 4 is 8.07 Å². The van der Waals surface area contributed by atoms with E-state index in [1.807, 2.05) is 5.54 Å². The van der Waals surface area contributed by atoms with E-state index in [0.29, 0.717) is 0 Å². The summed E-state index contributed by atoms with van der Waals surface area (Å²) in [6.45, 7) is 7.40. The molecule has 1 radical (unpaired) electrons. The molecule has 0 atom stereocenters. The van der Waals surface area contributed by atoms with Gasteiger partial charge in [-0.25, -0.2) is 0 Å². The van der Waals surface area contributed by atoms with Gasteiger partial charge >= 0.3 is 0 Å². The number of rotatable bonds is 1. The lowest BCUT2D eigenvalue weighted by atomic mass is 10.4. The molecule has 0 aromatic heterocycles. The van der Waals surface area contributed by atoms with E-state index in [9.17, 15) is 0 Å². The summed E-state index contributed by atoms with van der Waals surface area (Å²) in [7, 11) is -0.807. The number of hydrogen-bond donors (Lipinski definition) is 0. The second-order valence-corrected chi connectivity index (χ2v) is 9.27. The van der Waals surface area contributed by atoms with Crippen molar-refractivity contribution in [3.05, 3.63) is 5.54 Å². The van der Waals surface area contributed by atoms with Crippen LogP contribution in [0.15, 0.2) is 0 Å². The normalized spacial score (nSPS) is 23.0. The molecule has 0 saturated heterocycles. The van der Waals surface area contributed by atoms with Crippen LogP contribution in [0.25, 0.3) is 0 Å². The van der Waals surface area contributed by atoms with E-state index < -0.39 is 8.07 Å². The van der Waals surface area contributed by atoms with Crippen LogP contribution in [0, 0.1) is 5.54 Å². The van der Waals surface area contributed by atoms with Gasteiger partial charge in [-0.2, -0.15) is 0 Å². The summed E-state index contributed by atoms with van der Waals surface area (Å²) in [5.41, 5.74) is 1.92. The van der Waals surface area contributed by atoms with E-state index in [4.69, 9.17) is 0 Å². The maximum Gasteiger partial charge on any atom is 0.0508 e. The Morgan fingerprint density at radius 1 is 1.00 bits per heavy atom. The van der Waals surface area contributed by atoms with Crippen LogP contribution in [0.1, 0.15) is 25.7 Å².